The summed E-state index contributed by atoms with van der Waals surface area (Å²) in [5.74, 6) is 0.527. The lowest BCUT2D eigenvalue weighted by molar-refractivity contribution is -0.384. The van der Waals surface area contributed by atoms with Gasteiger partial charge in [-0.2, -0.15) is 0 Å². The Bertz CT molecular complexity index is 466. The van der Waals surface area contributed by atoms with E-state index in [9.17, 15) is 10.1 Å². The number of hydrogen-bond acceptors (Lipinski definition) is 4. The molecule has 1 aromatic carbocycles. The van der Waals surface area contributed by atoms with Crippen LogP contribution in [0.3, 0.4) is 0 Å². The maximum absolute atomic E-state index is 11.1. The molecule has 1 aliphatic heterocycles. The maximum Gasteiger partial charge on any atom is 0.292 e. The monoisotopic (exact) mass is 263 g/mol. The first kappa shape index (κ1) is 13.8. The van der Waals surface area contributed by atoms with E-state index in [1.54, 1.807) is 12.1 Å². The summed E-state index contributed by atoms with van der Waals surface area (Å²) in [6, 6.07) is 5.46. The zero-order chi connectivity index (χ0) is 14.0. The van der Waals surface area contributed by atoms with Gasteiger partial charge in [0.2, 0.25) is 0 Å². The van der Waals surface area contributed by atoms with E-state index in [2.05, 4.69) is 4.90 Å². The molecule has 2 N–H and O–H groups in total. The van der Waals surface area contributed by atoms with Gasteiger partial charge in [0, 0.05) is 25.2 Å². The Balaban J connectivity index is 2.22. The van der Waals surface area contributed by atoms with Crippen molar-refractivity contribution in [2.24, 2.45) is 11.7 Å². The van der Waals surface area contributed by atoms with Crippen LogP contribution in [-0.4, -0.2) is 24.1 Å². The number of aryl methyl sites for hydroxylation is 1. The zero-order valence-corrected chi connectivity index (χ0v) is 11.5. The number of nitro groups is 1. The molecule has 0 saturated carbocycles. The standard InChI is InChI=1S/C14H21N3O2/c1-10-4-3-5-13(17(18)19)14(10)16-8-6-12(7-9-16)11(2)15/h3-5,11-12H,6-9,15H2,1-2H3. The van der Waals surface area contributed by atoms with Gasteiger partial charge < -0.3 is 10.6 Å². The van der Waals surface area contributed by atoms with Gasteiger partial charge in [-0.1, -0.05) is 12.1 Å². The molecule has 1 aliphatic rings. The minimum Gasteiger partial charge on any atom is -0.366 e. The van der Waals surface area contributed by atoms with Gasteiger partial charge in [0.15, 0.2) is 0 Å². The van der Waals surface area contributed by atoms with Crippen LogP contribution in [0.2, 0.25) is 0 Å². The van der Waals surface area contributed by atoms with E-state index in [0.717, 1.165) is 37.2 Å². The van der Waals surface area contributed by atoms with Crippen molar-refractivity contribution in [2.45, 2.75) is 32.7 Å². The molecule has 1 fully saturated rings. The zero-order valence-electron chi connectivity index (χ0n) is 11.5. The Kier molecular flexibility index (Phi) is 4.04. The summed E-state index contributed by atoms with van der Waals surface area (Å²) < 4.78 is 0. The van der Waals surface area contributed by atoms with Crippen molar-refractivity contribution in [1.82, 2.24) is 0 Å². The fraction of sp³-hybridized carbons (Fsp3) is 0.571. The van der Waals surface area contributed by atoms with Crippen molar-refractivity contribution in [3.8, 4) is 0 Å². The quantitative estimate of drug-likeness (QED) is 0.671. The van der Waals surface area contributed by atoms with Crippen LogP contribution in [-0.2, 0) is 0 Å². The highest BCUT2D eigenvalue weighted by Gasteiger charge is 2.27. The number of benzene rings is 1. The average molecular weight is 263 g/mol. The molecule has 5 nitrogen and oxygen atoms in total. The molecule has 1 heterocycles. The lowest BCUT2D eigenvalue weighted by Gasteiger charge is -2.35. The second-order valence-corrected chi connectivity index (χ2v) is 5.38. The van der Waals surface area contributed by atoms with Gasteiger partial charge in [-0.05, 0) is 38.2 Å². The van der Waals surface area contributed by atoms with Gasteiger partial charge in [-0.3, -0.25) is 10.1 Å². The van der Waals surface area contributed by atoms with Gasteiger partial charge in [0.25, 0.3) is 5.69 Å². The van der Waals surface area contributed by atoms with E-state index < -0.39 is 0 Å². The average Bonchev–Trinajstić information content (AvgIpc) is 2.38. The highest BCUT2D eigenvalue weighted by Crippen LogP contribution is 2.34. The third-order valence-corrected chi connectivity index (χ3v) is 4.01. The van der Waals surface area contributed by atoms with Crippen LogP contribution in [0.1, 0.15) is 25.3 Å². The molecule has 2 rings (SSSR count). The molecule has 104 valence electrons. The largest absolute Gasteiger partial charge is 0.366 e. The minimum atomic E-state index is -0.292. The molecule has 5 heteroatoms. The van der Waals surface area contributed by atoms with E-state index in [1.165, 1.54) is 0 Å². The number of nitrogens with two attached hydrogens (primary N) is 1. The van der Waals surface area contributed by atoms with Crippen LogP contribution in [0.5, 0.6) is 0 Å². The SMILES string of the molecule is Cc1cccc([N+](=O)[O-])c1N1CCC(C(C)N)CC1. The second kappa shape index (κ2) is 5.57. The second-order valence-electron chi connectivity index (χ2n) is 5.38. The van der Waals surface area contributed by atoms with E-state index in [1.807, 2.05) is 19.9 Å². The van der Waals surface area contributed by atoms with Crippen molar-refractivity contribution in [3.05, 3.63) is 33.9 Å². The van der Waals surface area contributed by atoms with Gasteiger partial charge in [-0.15, -0.1) is 0 Å². The highest BCUT2D eigenvalue weighted by atomic mass is 16.6. The molecule has 0 aromatic heterocycles. The van der Waals surface area contributed by atoms with E-state index >= 15 is 0 Å². The molecule has 1 saturated heterocycles. The molecule has 1 atom stereocenters. The molecule has 0 radical (unpaired) electrons. The molecular weight excluding hydrogens is 242 g/mol. The predicted octanol–water partition coefficient (Wildman–Crippen LogP) is 2.47. The van der Waals surface area contributed by atoms with E-state index in [4.69, 9.17) is 5.73 Å². The summed E-state index contributed by atoms with van der Waals surface area (Å²) in [6.45, 7) is 5.66. The summed E-state index contributed by atoms with van der Waals surface area (Å²) in [6.07, 6.45) is 2.01. The van der Waals surface area contributed by atoms with Crippen LogP contribution in [0.15, 0.2) is 18.2 Å². The first-order valence-corrected chi connectivity index (χ1v) is 6.75. The Hall–Kier alpha value is -1.62. The van der Waals surface area contributed by atoms with Crippen LogP contribution < -0.4 is 10.6 Å². The van der Waals surface area contributed by atoms with Gasteiger partial charge in [0.1, 0.15) is 5.69 Å². The van der Waals surface area contributed by atoms with Crippen molar-refractivity contribution in [2.75, 3.05) is 18.0 Å². The highest BCUT2D eigenvalue weighted by molar-refractivity contribution is 5.67. The van der Waals surface area contributed by atoms with Crippen LogP contribution in [0.4, 0.5) is 11.4 Å². The normalized spacial score (nSPS) is 18.4. The first-order chi connectivity index (χ1) is 9.00. The fourth-order valence-corrected chi connectivity index (χ4v) is 2.85. The van der Waals surface area contributed by atoms with Crippen molar-refractivity contribution >= 4 is 11.4 Å². The van der Waals surface area contributed by atoms with Gasteiger partial charge >= 0.3 is 0 Å². The number of piperidine rings is 1. The van der Waals surface area contributed by atoms with Crippen LogP contribution in [0, 0.1) is 23.0 Å². The topological polar surface area (TPSA) is 72.4 Å². The molecule has 0 spiro atoms. The summed E-state index contributed by atoms with van der Waals surface area (Å²) in [7, 11) is 0. The Morgan fingerprint density at radius 1 is 1.42 bits per heavy atom. The molecule has 1 aromatic rings. The molecule has 19 heavy (non-hydrogen) atoms. The number of rotatable bonds is 3. The maximum atomic E-state index is 11.1. The first-order valence-electron chi connectivity index (χ1n) is 6.75. The smallest absolute Gasteiger partial charge is 0.292 e. The molecule has 1 unspecified atom stereocenters. The molecular formula is C14H21N3O2. The number of para-hydroxylation sites is 1. The Morgan fingerprint density at radius 3 is 2.58 bits per heavy atom. The van der Waals surface area contributed by atoms with Crippen molar-refractivity contribution in [3.63, 3.8) is 0 Å². The number of nitrogens with zero attached hydrogens (tertiary/aromatic N) is 2. The third-order valence-electron chi connectivity index (χ3n) is 4.01. The lowest BCUT2D eigenvalue weighted by Crippen LogP contribution is -2.40. The Morgan fingerprint density at radius 2 is 2.05 bits per heavy atom. The fourth-order valence-electron chi connectivity index (χ4n) is 2.85. The number of anilines is 1. The molecule has 0 bridgehead atoms. The Labute approximate surface area is 113 Å². The van der Waals surface area contributed by atoms with Crippen LogP contribution in [0.25, 0.3) is 0 Å². The van der Waals surface area contributed by atoms with E-state index in [0.29, 0.717) is 5.92 Å². The van der Waals surface area contributed by atoms with Gasteiger partial charge in [-0.25, -0.2) is 0 Å². The minimum absolute atomic E-state index is 0.203. The van der Waals surface area contributed by atoms with Crippen LogP contribution >= 0.6 is 0 Å². The molecule has 0 amide bonds. The predicted molar refractivity (Wildman–Crippen MR) is 76.4 cm³/mol. The molecule has 0 aliphatic carbocycles. The van der Waals surface area contributed by atoms with Crippen molar-refractivity contribution < 1.29 is 4.92 Å². The summed E-state index contributed by atoms with van der Waals surface area (Å²) in [5.41, 5.74) is 7.88. The number of nitro benzene ring substituents is 1. The summed E-state index contributed by atoms with van der Waals surface area (Å²) >= 11 is 0. The summed E-state index contributed by atoms with van der Waals surface area (Å²) in [5, 5.41) is 11.1. The van der Waals surface area contributed by atoms with Crippen molar-refractivity contribution in [1.29, 1.82) is 0 Å². The third kappa shape index (κ3) is 2.87. The number of hydrogen-bond donors (Lipinski definition) is 1. The lowest BCUT2D eigenvalue weighted by atomic mass is 9.90. The summed E-state index contributed by atoms with van der Waals surface area (Å²) in [4.78, 5) is 13.0. The van der Waals surface area contributed by atoms with Gasteiger partial charge in [0.05, 0.1) is 4.92 Å². The van der Waals surface area contributed by atoms with E-state index in [-0.39, 0.29) is 16.7 Å².